The average Bonchev–Trinajstić information content (AvgIpc) is 2.77. The zero-order valence-electron chi connectivity index (χ0n) is 9.09. The summed E-state index contributed by atoms with van der Waals surface area (Å²) in [5.74, 6) is -0.335. The van der Waals surface area contributed by atoms with Gasteiger partial charge >= 0.3 is 5.97 Å². The van der Waals surface area contributed by atoms with Crippen LogP contribution in [0.1, 0.15) is 10.4 Å². The van der Waals surface area contributed by atoms with Gasteiger partial charge < -0.3 is 14.2 Å². The third-order valence-corrected chi connectivity index (χ3v) is 2.55. The Morgan fingerprint density at radius 2 is 1.94 bits per heavy atom. The van der Waals surface area contributed by atoms with Crippen LogP contribution in [0, 0.1) is 0 Å². The highest BCUT2D eigenvalue weighted by atomic mass is 16.6. The van der Waals surface area contributed by atoms with Crippen molar-refractivity contribution in [2.45, 2.75) is 12.2 Å². The Morgan fingerprint density at radius 1 is 1.25 bits per heavy atom. The molecule has 1 aromatic carbocycles. The maximum atomic E-state index is 11.7. The van der Waals surface area contributed by atoms with Crippen molar-refractivity contribution in [3.05, 3.63) is 35.9 Å². The number of hydrogen-bond acceptors (Lipinski definition) is 4. The predicted molar refractivity (Wildman–Crippen MR) is 57.3 cm³/mol. The molecule has 2 unspecified atom stereocenters. The SMILES string of the molecule is COC1COCC1OC(=O)c1ccccc1. The molecule has 16 heavy (non-hydrogen) atoms. The van der Waals surface area contributed by atoms with Crippen molar-refractivity contribution < 1.29 is 19.0 Å². The smallest absolute Gasteiger partial charge is 0.338 e. The van der Waals surface area contributed by atoms with Crippen molar-refractivity contribution >= 4 is 5.97 Å². The molecule has 2 atom stereocenters. The van der Waals surface area contributed by atoms with Crippen LogP contribution >= 0.6 is 0 Å². The van der Waals surface area contributed by atoms with Crippen LogP contribution in [-0.4, -0.2) is 38.5 Å². The molecule has 0 amide bonds. The zero-order valence-corrected chi connectivity index (χ0v) is 9.09. The van der Waals surface area contributed by atoms with Gasteiger partial charge in [-0.3, -0.25) is 0 Å². The first-order chi connectivity index (χ1) is 7.81. The van der Waals surface area contributed by atoms with E-state index in [2.05, 4.69) is 0 Å². The Balaban J connectivity index is 1.97. The van der Waals surface area contributed by atoms with Crippen molar-refractivity contribution in [2.24, 2.45) is 0 Å². The number of carbonyl (C=O) groups is 1. The summed E-state index contributed by atoms with van der Waals surface area (Å²) in [5.41, 5.74) is 0.546. The number of carbonyl (C=O) groups excluding carboxylic acids is 1. The fourth-order valence-corrected chi connectivity index (χ4v) is 1.62. The molecule has 0 aromatic heterocycles. The molecule has 1 aromatic rings. The second kappa shape index (κ2) is 5.09. The van der Waals surface area contributed by atoms with E-state index in [4.69, 9.17) is 14.2 Å². The van der Waals surface area contributed by atoms with Crippen LogP contribution in [0.3, 0.4) is 0 Å². The molecule has 1 saturated heterocycles. The summed E-state index contributed by atoms with van der Waals surface area (Å²) in [6.07, 6.45) is -0.467. The number of rotatable bonds is 3. The Kier molecular flexibility index (Phi) is 3.54. The first kappa shape index (κ1) is 11.1. The van der Waals surface area contributed by atoms with Crippen LogP contribution < -0.4 is 0 Å². The van der Waals surface area contributed by atoms with Crippen LogP contribution in [0.15, 0.2) is 30.3 Å². The second-order valence-electron chi connectivity index (χ2n) is 3.62. The summed E-state index contributed by atoms with van der Waals surface area (Å²) in [4.78, 5) is 11.7. The van der Waals surface area contributed by atoms with Gasteiger partial charge in [0.25, 0.3) is 0 Å². The topological polar surface area (TPSA) is 44.8 Å². The van der Waals surface area contributed by atoms with Gasteiger partial charge in [-0.1, -0.05) is 18.2 Å². The highest BCUT2D eigenvalue weighted by molar-refractivity contribution is 5.89. The number of hydrogen-bond donors (Lipinski definition) is 0. The van der Waals surface area contributed by atoms with Gasteiger partial charge in [-0.15, -0.1) is 0 Å². The van der Waals surface area contributed by atoms with Gasteiger partial charge in [0, 0.05) is 7.11 Å². The van der Waals surface area contributed by atoms with Crippen molar-refractivity contribution in [3.63, 3.8) is 0 Å². The maximum absolute atomic E-state index is 11.7. The first-order valence-electron chi connectivity index (χ1n) is 5.18. The van der Waals surface area contributed by atoms with Crippen LogP contribution in [0.5, 0.6) is 0 Å². The molecule has 4 nitrogen and oxygen atoms in total. The van der Waals surface area contributed by atoms with Crippen molar-refractivity contribution in [1.29, 1.82) is 0 Å². The average molecular weight is 222 g/mol. The summed E-state index contributed by atoms with van der Waals surface area (Å²) in [5, 5.41) is 0. The lowest BCUT2D eigenvalue weighted by Gasteiger charge is -2.16. The molecule has 0 radical (unpaired) electrons. The van der Waals surface area contributed by atoms with Gasteiger partial charge in [0.1, 0.15) is 6.10 Å². The quantitative estimate of drug-likeness (QED) is 0.722. The fourth-order valence-electron chi connectivity index (χ4n) is 1.62. The van der Waals surface area contributed by atoms with E-state index >= 15 is 0 Å². The highest BCUT2D eigenvalue weighted by Crippen LogP contribution is 2.14. The molecular weight excluding hydrogens is 208 g/mol. The van der Waals surface area contributed by atoms with Gasteiger partial charge in [0.15, 0.2) is 6.10 Å². The Hall–Kier alpha value is -1.39. The summed E-state index contributed by atoms with van der Waals surface area (Å²) in [6, 6.07) is 8.90. The predicted octanol–water partition coefficient (Wildman–Crippen LogP) is 1.26. The number of esters is 1. The molecule has 1 fully saturated rings. The lowest BCUT2D eigenvalue weighted by molar-refractivity contribution is -0.0128. The standard InChI is InChI=1S/C12H14O4/c1-14-10-7-15-8-11(10)16-12(13)9-5-3-2-4-6-9/h2-6,10-11H,7-8H2,1H3. The van der Waals surface area contributed by atoms with E-state index in [1.807, 2.05) is 6.07 Å². The lowest BCUT2D eigenvalue weighted by Crippen LogP contribution is -2.31. The number of ether oxygens (including phenoxy) is 3. The monoisotopic (exact) mass is 222 g/mol. The van der Waals surface area contributed by atoms with Crippen LogP contribution in [0.2, 0.25) is 0 Å². The summed E-state index contributed by atoms with van der Waals surface area (Å²) in [7, 11) is 1.59. The molecule has 1 aliphatic heterocycles. The second-order valence-corrected chi connectivity index (χ2v) is 3.62. The van der Waals surface area contributed by atoms with Crippen molar-refractivity contribution in [3.8, 4) is 0 Å². The minimum atomic E-state index is -0.335. The highest BCUT2D eigenvalue weighted by Gasteiger charge is 2.31. The Labute approximate surface area is 94.1 Å². The molecule has 4 heteroatoms. The van der Waals surface area contributed by atoms with E-state index in [0.717, 1.165) is 0 Å². The Bertz CT molecular complexity index is 349. The van der Waals surface area contributed by atoms with E-state index in [1.165, 1.54) is 0 Å². The van der Waals surface area contributed by atoms with Gasteiger partial charge in [-0.05, 0) is 12.1 Å². The van der Waals surface area contributed by atoms with Crippen LogP contribution in [0.25, 0.3) is 0 Å². The molecule has 1 aliphatic rings. The number of benzene rings is 1. The molecule has 86 valence electrons. The summed E-state index contributed by atoms with van der Waals surface area (Å²) >= 11 is 0. The van der Waals surface area contributed by atoms with Crippen molar-refractivity contribution in [1.82, 2.24) is 0 Å². The minimum Gasteiger partial charge on any atom is -0.453 e. The van der Waals surface area contributed by atoms with E-state index in [9.17, 15) is 4.79 Å². The summed E-state index contributed by atoms with van der Waals surface area (Å²) < 4.78 is 15.7. The molecule has 0 aliphatic carbocycles. The Morgan fingerprint density at radius 3 is 2.62 bits per heavy atom. The summed E-state index contributed by atoms with van der Waals surface area (Å²) in [6.45, 7) is 0.875. The van der Waals surface area contributed by atoms with Crippen molar-refractivity contribution in [2.75, 3.05) is 20.3 Å². The number of methoxy groups -OCH3 is 1. The minimum absolute atomic E-state index is 0.160. The third kappa shape index (κ3) is 2.40. The van der Waals surface area contributed by atoms with E-state index in [1.54, 1.807) is 31.4 Å². The van der Waals surface area contributed by atoms with E-state index < -0.39 is 0 Å². The molecule has 2 rings (SSSR count). The molecular formula is C12H14O4. The van der Waals surface area contributed by atoms with Gasteiger partial charge in [-0.2, -0.15) is 0 Å². The largest absolute Gasteiger partial charge is 0.453 e. The molecule has 0 saturated carbocycles. The van der Waals surface area contributed by atoms with Gasteiger partial charge in [0.05, 0.1) is 18.8 Å². The van der Waals surface area contributed by atoms with E-state index in [-0.39, 0.29) is 18.2 Å². The molecule has 0 N–H and O–H groups in total. The normalized spacial score (nSPS) is 24.3. The first-order valence-corrected chi connectivity index (χ1v) is 5.18. The van der Waals surface area contributed by atoms with Crippen LogP contribution in [0.4, 0.5) is 0 Å². The third-order valence-electron chi connectivity index (χ3n) is 2.55. The maximum Gasteiger partial charge on any atom is 0.338 e. The fraction of sp³-hybridized carbons (Fsp3) is 0.417. The molecule has 1 heterocycles. The van der Waals surface area contributed by atoms with Gasteiger partial charge in [0.2, 0.25) is 0 Å². The zero-order chi connectivity index (χ0) is 11.4. The lowest BCUT2D eigenvalue weighted by atomic mass is 10.2. The van der Waals surface area contributed by atoms with E-state index in [0.29, 0.717) is 18.8 Å². The van der Waals surface area contributed by atoms with Crippen LogP contribution in [-0.2, 0) is 14.2 Å². The molecule has 0 bridgehead atoms. The molecule has 0 spiro atoms. The van der Waals surface area contributed by atoms with Gasteiger partial charge in [-0.25, -0.2) is 4.79 Å².